The fraction of sp³-hybridized carbons (Fsp3) is 0.357. The highest BCUT2D eigenvalue weighted by Crippen LogP contribution is 2.20. The van der Waals surface area contributed by atoms with E-state index in [0.717, 1.165) is 0 Å². The minimum absolute atomic E-state index is 0.0787. The van der Waals surface area contributed by atoms with Crippen molar-refractivity contribution in [3.05, 3.63) is 29.3 Å². The minimum atomic E-state index is -1.18. The highest BCUT2D eigenvalue weighted by molar-refractivity contribution is 6.08. The molecule has 6 heteroatoms. The predicted octanol–water partition coefficient (Wildman–Crippen LogP) is 1.51. The smallest absolute Gasteiger partial charge is 0.336 e. The van der Waals surface area contributed by atoms with Gasteiger partial charge in [0.1, 0.15) is 0 Å². The molecule has 0 fully saturated rings. The lowest BCUT2D eigenvalue weighted by molar-refractivity contribution is -0.117. The second-order valence-corrected chi connectivity index (χ2v) is 4.86. The van der Waals surface area contributed by atoms with Gasteiger partial charge in [-0.2, -0.15) is 0 Å². The molecule has 4 N–H and O–H groups in total. The quantitative estimate of drug-likeness (QED) is 0.707. The number of benzene rings is 1. The van der Waals surface area contributed by atoms with Crippen LogP contribution < -0.4 is 11.1 Å². The first kappa shape index (κ1) is 15.8. The molecule has 0 aliphatic rings. The lowest BCUT2D eigenvalue weighted by Gasteiger charge is -2.12. The van der Waals surface area contributed by atoms with Crippen molar-refractivity contribution in [3.8, 4) is 0 Å². The van der Waals surface area contributed by atoms with E-state index in [2.05, 4.69) is 5.32 Å². The Kier molecular flexibility index (Phi) is 4.99. The van der Waals surface area contributed by atoms with E-state index < -0.39 is 17.9 Å². The Balaban J connectivity index is 3.20. The molecule has 1 rings (SSSR count). The van der Waals surface area contributed by atoms with Crippen molar-refractivity contribution in [2.75, 3.05) is 5.32 Å². The highest BCUT2D eigenvalue weighted by Gasteiger charge is 2.20. The molecule has 6 nitrogen and oxygen atoms in total. The summed E-state index contributed by atoms with van der Waals surface area (Å²) in [5.41, 5.74) is 5.78. The predicted molar refractivity (Wildman–Crippen MR) is 74.8 cm³/mol. The summed E-state index contributed by atoms with van der Waals surface area (Å²) in [4.78, 5) is 34.7. The van der Waals surface area contributed by atoms with Crippen LogP contribution in [0.5, 0.6) is 0 Å². The van der Waals surface area contributed by atoms with Gasteiger partial charge in [-0.25, -0.2) is 4.79 Å². The summed E-state index contributed by atoms with van der Waals surface area (Å²) in [5.74, 6) is -2.22. The molecule has 0 aromatic heterocycles. The second kappa shape index (κ2) is 6.29. The van der Waals surface area contributed by atoms with E-state index in [-0.39, 0.29) is 22.8 Å². The van der Waals surface area contributed by atoms with Gasteiger partial charge < -0.3 is 16.2 Å². The Hall–Kier alpha value is -2.21. The number of carboxylic acids is 1. The molecule has 0 saturated carbocycles. The lowest BCUT2D eigenvalue weighted by Crippen LogP contribution is -2.32. The molecule has 0 radical (unpaired) electrons. The van der Waals surface area contributed by atoms with E-state index in [4.69, 9.17) is 10.8 Å². The summed E-state index contributed by atoms with van der Waals surface area (Å²) in [6, 6.07) is 3.40. The SMILES string of the molecule is CC(C)C(=O)c1cc(NC(=O)[C@H](C)N)ccc1C(=O)O. The Morgan fingerprint density at radius 2 is 1.75 bits per heavy atom. The molecule has 1 amide bonds. The van der Waals surface area contributed by atoms with Crippen molar-refractivity contribution >= 4 is 23.3 Å². The molecule has 108 valence electrons. The summed E-state index contributed by atoms with van der Waals surface area (Å²) in [7, 11) is 0. The van der Waals surface area contributed by atoms with Crippen LogP contribution in [0.2, 0.25) is 0 Å². The van der Waals surface area contributed by atoms with Crippen molar-refractivity contribution in [1.29, 1.82) is 0 Å². The van der Waals surface area contributed by atoms with Crippen LogP contribution in [-0.4, -0.2) is 28.8 Å². The summed E-state index contributed by atoms with van der Waals surface area (Å²) in [6.45, 7) is 4.89. The van der Waals surface area contributed by atoms with Gasteiger partial charge in [0.05, 0.1) is 11.6 Å². The second-order valence-electron chi connectivity index (χ2n) is 4.86. The number of Topliss-reactive ketones (excluding diaryl/α,β-unsaturated/α-hetero) is 1. The van der Waals surface area contributed by atoms with E-state index >= 15 is 0 Å². The number of carbonyl (C=O) groups is 3. The van der Waals surface area contributed by atoms with Crippen LogP contribution in [0, 0.1) is 5.92 Å². The maximum Gasteiger partial charge on any atom is 0.336 e. The third kappa shape index (κ3) is 3.64. The Morgan fingerprint density at radius 3 is 2.20 bits per heavy atom. The van der Waals surface area contributed by atoms with Crippen molar-refractivity contribution in [2.45, 2.75) is 26.8 Å². The number of amides is 1. The van der Waals surface area contributed by atoms with Gasteiger partial charge in [-0.05, 0) is 25.1 Å². The maximum absolute atomic E-state index is 12.0. The van der Waals surface area contributed by atoms with Gasteiger partial charge in [0.15, 0.2) is 5.78 Å². The maximum atomic E-state index is 12.0. The topological polar surface area (TPSA) is 109 Å². The standard InChI is InChI=1S/C14H18N2O4/c1-7(2)12(17)11-6-9(16-13(18)8(3)15)4-5-10(11)14(19)20/h4-8H,15H2,1-3H3,(H,16,18)(H,19,20)/t8-/m0/s1. The summed E-state index contributed by atoms with van der Waals surface area (Å²) in [5, 5.41) is 11.6. The van der Waals surface area contributed by atoms with Gasteiger partial charge in [0.2, 0.25) is 5.91 Å². The number of carbonyl (C=O) groups excluding carboxylic acids is 2. The highest BCUT2D eigenvalue weighted by atomic mass is 16.4. The van der Waals surface area contributed by atoms with Gasteiger partial charge in [0.25, 0.3) is 0 Å². The van der Waals surface area contributed by atoms with E-state index in [1.54, 1.807) is 13.8 Å². The molecular formula is C14H18N2O4. The molecule has 1 atom stereocenters. The monoisotopic (exact) mass is 278 g/mol. The fourth-order valence-corrected chi connectivity index (χ4v) is 1.58. The summed E-state index contributed by atoms with van der Waals surface area (Å²) in [6.07, 6.45) is 0. The average molecular weight is 278 g/mol. The molecule has 1 aromatic rings. The van der Waals surface area contributed by atoms with Gasteiger partial charge in [-0.1, -0.05) is 13.8 Å². The van der Waals surface area contributed by atoms with Crippen molar-refractivity contribution in [1.82, 2.24) is 0 Å². The zero-order chi connectivity index (χ0) is 15.4. The Labute approximate surface area is 117 Å². The van der Waals surface area contributed by atoms with Crippen LogP contribution in [0.25, 0.3) is 0 Å². The van der Waals surface area contributed by atoms with Crippen LogP contribution in [0.4, 0.5) is 5.69 Å². The van der Waals surface area contributed by atoms with Crippen molar-refractivity contribution in [3.63, 3.8) is 0 Å². The van der Waals surface area contributed by atoms with E-state index in [1.807, 2.05) is 0 Å². The van der Waals surface area contributed by atoms with Crippen molar-refractivity contribution in [2.24, 2.45) is 11.7 Å². The zero-order valence-corrected chi connectivity index (χ0v) is 11.6. The number of hydrogen-bond acceptors (Lipinski definition) is 4. The number of carboxylic acid groups (broad SMARTS) is 1. The molecule has 1 aromatic carbocycles. The number of rotatable bonds is 5. The van der Waals surface area contributed by atoms with Gasteiger partial charge in [0, 0.05) is 17.2 Å². The van der Waals surface area contributed by atoms with Crippen LogP contribution in [0.3, 0.4) is 0 Å². The molecule has 0 saturated heterocycles. The Morgan fingerprint density at radius 1 is 1.15 bits per heavy atom. The normalized spacial score (nSPS) is 12.1. The third-order valence-electron chi connectivity index (χ3n) is 2.72. The first-order valence-corrected chi connectivity index (χ1v) is 6.22. The number of anilines is 1. The molecule has 0 bridgehead atoms. The lowest BCUT2D eigenvalue weighted by atomic mass is 9.96. The molecule has 20 heavy (non-hydrogen) atoms. The van der Waals surface area contributed by atoms with E-state index in [9.17, 15) is 14.4 Å². The van der Waals surface area contributed by atoms with Gasteiger partial charge in [-0.3, -0.25) is 9.59 Å². The van der Waals surface area contributed by atoms with Gasteiger partial charge >= 0.3 is 5.97 Å². The van der Waals surface area contributed by atoms with E-state index in [1.165, 1.54) is 25.1 Å². The van der Waals surface area contributed by atoms with Crippen LogP contribution >= 0.6 is 0 Å². The zero-order valence-electron chi connectivity index (χ0n) is 11.6. The molecule has 0 aliphatic carbocycles. The number of aromatic carboxylic acids is 1. The van der Waals surface area contributed by atoms with Gasteiger partial charge in [-0.15, -0.1) is 0 Å². The fourth-order valence-electron chi connectivity index (χ4n) is 1.58. The first-order chi connectivity index (χ1) is 9.23. The number of nitrogens with two attached hydrogens (primary N) is 1. The molecule has 0 aliphatic heterocycles. The summed E-state index contributed by atoms with van der Waals surface area (Å²) < 4.78 is 0. The van der Waals surface area contributed by atoms with Crippen LogP contribution in [-0.2, 0) is 4.79 Å². The summed E-state index contributed by atoms with van der Waals surface area (Å²) >= 11 is 0. The van der Waals surface area contributed by atoms with Crippen molar-refractivity contribution < 1.29 is 19.5 Å². The molecular weight excluding hydrogens is 260 g/mol. The minimum Gasteiger partial charge on any atom is -0.478 e. The van der Waals surface area contributed by atoms with Crippen LogP contribution in [0.15, 0.2) is 18.2 Å². The first-order valence-electron chi connectivity index (χ1n) is 6.22. The molecule has 0 heterocycles. The van der Waals surface area contributed by atoms with E-state index in [0.29, 0.717) is 5.69 Å². The molecule has 0 unspecified atom stereocenters. The largest absolute Gasteiger partial charge is 0.478 e. The van der Waals surface area contributed by atoms with Crippen LogP contribution in [0.1, 0.15) is 41.5 Å². The average Bonchev–Trinajstić information content (AvgIpc) is 2.37. The number of ketones is 1. The number of nitrogens with one attached hydrogen (secondary N) is 1. The third-order valence-corrected chi connectivity index (χ3v) is 2.72. The Bertz CT molecular complexity index is 550. The molecule has 0 spiro atoms. The number of hydrogen-bond donors (Lipinski definition) is 3.